The largest absolute Gasteiger partial charge is 1.00 e. The molecule has 3 aliphatic carbocycles. The molecule has 8 aliphatic rings. The molecule has 496 valence electrons. The number of aliphatic carboxylic acids is 1. The number of fused-ring (bicyclic) bond motifs is 8. The average molecular weight is 1300 g/mol. The molecule has 2 amide bonds. The van der Waals surface area contributed by atoms with Crippen LogP contribution in [0.25, 0.3) is 17.3 Å². The zero-order valence-corrected chi connectivity index (χ0v) is 57.0. The van der Waals surface area contributed by atoms with Crippen molar-refractivity contribution in [3.8, 4) is 0 Å². The summed E-state index contributed by atoms with van der Waals surface area (Å²) in [6.07, 6.45) is 2.81. The minimum absolute atomic E-state index is 0. The molecule has 2 fully saturated rings. The van der Waals surface area contributed by atoms with Crippen LogP contribution in [0.15, 0.2) is 89.5 Å². The van der Waals surface area contributed by atoms with Crippen LogP contribution in [0, 0.1) is 0 Å². The number of aliphatic hydroxyl groups is 1. The van der Waals surface area contributed by atoms with Crippen molar-refractivity contribution in [1.29, 1.82) is 0 Å². The summed E-state index contributed by atoms with van der Waals surface area (Å²) < 4.78 is 52.4. The second-order valence-electron chi connectivity index (χ2n) is 26.0. The molecule has 5 N–H and O–H groups in total. The second kappa shape index (κ2) is 30.6. The van der Waals surface area contributed by atoms with E-state index < -0.39 is 76.8 Å². The van der Waals surface area contributed by atoms with E-state index in [2.05, 4.69) is 20.7 Å². The van der Waals surface area contributed by atoms with E-state index in [0.29, 0.717) is 76.4 Å². The molecule has 2 spiro atoms. The summed E-state index contributed by atoms with van der Waals surface area (Å²) in [5, 5.41) is 25.3. The van der Waals surface area contributed by atoms with Crippen molar-refractivity contribution in [3.05, 3.63) is 123 Å². The third-order valence-corrected chi connectivity index (χ3v) is 16.3. The number of allylic oxidation sites excluding steroid dienone is 1. The Morgan fingerprint density at radius 2 is 1.04 bits per heavy atom. The van der Waals surface area contributed by atoms with Gasteiger partial charge in [0.15, 0.2) is 0 Å². The Labute approximate surface area is 563 Å². The van der Waals surface area contributed by atoms with E-state index in [4.69, 9.17) is 47.8 Å². The number of amides is 2. The van der Waals surface area contributed by atoms with Gasteiger partial charge in [-0.2, -0.15) is 0 Å². The van der Waals surface area contributed by atoms with E-state index in [1.165, 1.54) is 6.47 Å². The van der Waals surface area contributed by atoms with Crippen LogP contribution in [0.4, 0.5) is 0 Å². The number of benzene rings is 3. The van der Waals surface area contributed by atoms with Crippen molar-refractivity contribution in [2.75, 3.05) is 33.0 Å². The van der Waals surface area contributed by atoms with Crippen molar-refractivity contribution >= 4 is 70.6 Å². The van der Waals surface area contributed by atoms with Gasteiger partial charge in [-0.3, -0.25) is 38.4 Å². The third-order valence-electron chi connectivity index (χ3n) is 16.3. The first-order valence-electron chi connectivity index (χ1n) is 31.2. The first-order chi connectivity index (χ1) is 43.5. The number of hydrogen-bond acceptors (Lipinski definition) is 20. The van der Waals surface area contributed by atoms with Crippen LogP contribution in [0.1, 0.15) is 172 Å². The van der Waals surface area contributed by atoms with Gasteiger partial charge in [-0.1, -0.05) is 93.1 Å². The number of hydrogen-bond donors (Lipinski definition) is 5. The van der Waals surface area contributed by atoms with Gasteiger partial charge in [-0.25, -0.2) is 0 Å². The summed E-state index contributed by atoms with van der Waals surface area (Å²) in [5.41, 5.74) is 4.71. The number of carbonyl (C=O) groups is 8. The number of ether oxygens (including phenoxy) is 9. The van der Waals surface area contributed by atoms with E-state index in [9.17, 15) is 43.5 Å². The van der Waals surface area contributed by atoms with Crippen LogP contribution in [0.2, 0.25) is 0 Å². The van der Waals surface area contributed by atoms with Gasteiger partial charge in [0, 0.05) is 81.9 Å². The number of carboxylic acid groups (broad SMARTS) is 1. The monoisotopic (exact) mass is 1300 g/mol. The van der Waals surface area contributed by atoms with Crippen molar-refractivity contribution in [1.82, 2.24) is 16.0 Å². The minimum Gasteiger partial charge on any atom is -0.653 e. The number of esters is 1. The average Bonchev–Trinajstić information content (AvgIpc) is 1.72. The normalized spacial score (nSPS) is 23.7. The fourth-order valence-corrected chi connectivity index (χ4v) is 11.9. The van der Waals surface area contributed by atoms with Gasteiger partial charge in [0.2, 0.25) is 34.9 Å². The summed E-state index contributed by atoms with van der Waals surface area (Å²) in [6, 6.07) is 20.0. The molecule has 6 unspecified atom stereocenters. The van der Waals surface area contributed by atoms with E-state index in [0.717, 1.165) is 36.5 Å². The molecule has 6 atom stereocenters. The molecular formula is C69H84N3NaO20. The van der Waals surface area contributed by atoms with Crippen LogP contribution in [0.5, 0.6) is 0 Å². The predicted molar refractivity (Wildman–Crippen MR) is 332 cm³/mol. The van der Waals surface area contributed by atoms with Crippen LogP contribution in [-0.2, 0) is 92.6 Å². The zero-order chi connectivity index (χ0) is 67.1. The van der Waals surface area contributed by atoms with E-state index in [1.54, 1.807) is 32.0 Å². The summed E-state index contributed by atoms with van der Waals surface area (Å²) in [6.45, 7) is 21.5. The van der Waals surface area contributed by atoms with Gasteiger partial charge >= 0.3 is 35.5 Å². The van der Waals surface area contributed by atoms with Gasteiger partial charge in [0.1, 0.15) is 58.9 Å². The van der Waals surface area contributed by atoms with Crippen molar-refractivity contribution in [2.45, 2.75) is 199 Å². The number of Topliss-reactive ketones (excluding diaryl/α,β-unsaturated/α-hetero) is 4. The topological polar surface area (TPSA) is 313 Å². The van der Waals surface area contributed by atoms with E-state index in [1.807, 2.05) is 110 Å². The summed E-state index contributed by atoms with van der Waals surface area (Å²) in [7, 11) is 0. The SMILES string of the molecule is CC(=O)O.CC(C)NC(=O)C(CCO[C-]=O)NC(=O)C(CCC(=O)OCC1COC2(O1)C(=O)C1=C(OC(C)(C)CC1)c1ccccc12)NC(C)C.CC1(C)CCC2=C(O1)c1ccccc1C(=O)C2=O.CC1(C)CCC2=C(O1)c1ccccc1C1(OCC(CO)O1)C2=O.[Na+]. The van der Waals surface area contributed by atoms with Crippen molar-refractivity contribution in [3.63, 3.8) is 0 Å². The van der Waals surface area contributed by atoms with Crippen LogP contribution >= 0.6 is 0 Å². The molecule has 0 bridgehead atoms. The Kier molecular flexibility index (Phi) is 24.2. The zero-order valence-electron chi connectivity index (χ0n) is 55.0. The molecule has 0 saturated carbocycles. The Morgan fingerprint density at radius 3 is 1.52 bits per heavy atom. The molecule has 24 heteroatoms. The van der Waals surface area contributed by atoms with Crippen LogP contribution < -0.4 is 45.5 Å². The summed E-state index contributed by atoms with van der Waals surface area (Å²) >= 11 is 0. The van der Waals surface area contributed by atoms with E-state index >= 15 is 0 Å². The second-order valence-corrected chi connectivity index (χ2v) is 26.0. The van der Waals surface area contributed by atoms with Crippen LogP contribution in [-0.4, -0.2) is 150 Å². The molecule has 0 aromatic heterocycles. The molecule has 11 rings (SSSR count). The number of rotatable bonds is 16. The van der Waals surface area contributed by atoms with Gasteiger partial charge in [0.05, 0.1) is 32.5 Å². The van der Waals surface area contributed by atoms with Crippen molar-refractivity contribution < 1.29 is 126 Å². The Bertz CT molecular complexity index is 3450. The van der Waals surface area contributed by atoms with E-state index in [-0.39, 0.29) is 117 Å². The van der Waals surface area contributed by atoms with Crippen molar-refractivity contribution in [2.24, 2.45) is 0 Å². The fraction of sp³-hybridized carbons (Fsp3) is 0.522. The molecule has 23 nitrogen and oxygen atoms in total. The number of carboxylic acids is 1. The minimum atomic E-state index is -1.64. The molecule has 3 aromatic rings. The van der Waals surface area contributed by atoms with Gasteiger partial charge in [-0.15, -0.1) is 0 Å². The standard InChI is InChI=1S/C34H46N3O10.C18H20O5.C15H14O3.C2H4O2.Na/c1-20(2)35-26(32(42)37-27(14-16-43-19-38)31(41)36-21(3)4)11-12-28(39)44-17-22-18-45-34(46-22)25-10-8-7-9-23(25)29-24(30(34)40)13-15-33(5,6)47-29;1-17(2)8-7-13-15(23-17)12-5-3-4-6-14(12)18(16(13)20)21-10-11(9-19)22-18;1-15(2)8-7-11-13(17)12(16)9-5-3-4-6-10(9)14(11)18-15;1-2(3)4;/h7-10,20-22,26-27,35H,11-18H2,1-6H3,(H,36,41)(H,37,42);3-6,11,19H,7-10H2,1-2H3;3-6H,7-8H2,1-2H3;1H3,(H,3,4);/q-1;;;;+1. The Balaban J connectivity index is 0.000000218. The summed E-state index contributed by atoms with van der Waals surface area (Å²) in [5.74, 6) is -4.90. The van der Waals surface area contributed by atoms with Gasteiger partial charge in [-0.05, 0) is 100 Å². The molecule has 0 radical (unpaired) electrons. The molecular weight excluding hydrogens is 1210 g/mol. The first-order valence-corrected chi connectivity index (χ1v) is 31.2. The fourth-order valence-electron chi connectivity index (χ4n) is 11.9. The maximum absolute atomic E-state index is 13.8. The number of aliphatic hydroxyl groups excluding tert-OH is 1. The molecule has 5 heterocycles. The first kappa shape index (κ1) is 73.5. The molecule has 93 heavy (non-hydrogen) atoms. The quantitative estimate of drug-likeness (QED) is 0.0439. The number of ketones is 4. The maximum atomic E-state index is 13.8. The van der Waals surface area contributed by atoms with Gasteiger partial charge in [0.25, 0.3) is 17.5 Å². The number of nitrogens with one attached hydrogen (secondary N) is 3. The number of carbonyl (C=O) groups excluding carboxylic acids is 8. The third kappa shape index (κ3) is 17.0. The predicted octanol–water partition coefficient (Wildman–Crippen LogP) is 4.29. The Hall–Kier alpha value is -6.93. The Morgan fingerprint density at radius 1 is 0.602 bits per heavy atom. The molecule has 5 aliphatic heterocycles. The smallest absolute Gasteiger partial charge is 0.653 e. The summed E-state index contributed by atoms with van der Waals surface area (Å²) in [4.78, 5) is 109. The van der Waals surface area contributed by atoms with Crippen LogP contribution in [0.3, 0.4) is 0 Å². The molecule has 3 aromatic carbocycles. The maximum Gasteiger partial charge on any atom is 1.00 e. The molecule has 2 saturated heterocycles. The van der Waals surface area contributed by atoms with Gasteiger partial charge < -0.3 is 73.6 Å².